The molecule has 0 aliphatic carbocycles. The number of methoxy groups -OCH3 is 1. The van der Waals surface area contributed by atoms with Crippen LogP contribution in [0.5, 0.6) is 0 Å². The van der Waals surface area contributed by atoms with Gasteiger partial charge in [-0.25, -0.2) is 13.2 Å². The Balaban J connectivity index is 2.43. The number of sulfone groups is 1. The molecule has 0 radical (unpaired) electrons. The van der Waals surface area contributed by atoms with Gasteiger partial charge >= 0.3 is 5.97 Å². The molecule has 0 amide bonds. The average Bonchev–Trinajstić information content (AvgIpc) is 2.26. The molecule has 1 rings (SSSR count). The Kier molecular flexibility index (Phi) is 4.49. The summed E-state index contributed by atoms with van der Waals surface area (Å²) >= 11 is 0. The van der Waals surface area contributed by atoms with Gasteiger partial charge in [0.2, 0.25) is 0 Å². The lowest BCUT2D eigenvalue weighted by molar-refractivity contribution is -0.136. The molecule has 1 aliphatic rings. The molecule has 1 fully saturated rings. The summed E-state index contributed by atoms with van der Waals surface area (Å²) in [7, 11) is -1.49. The van der Waals surface area contributed by atoms with E-state index < -0.39 is 9.84 Å². The van der Waals surface area contributed by atoms with Crippen LogP contribution in [-0.4, -0.2) is 57.5 Å². The standard InChI is InChI=1S/C10H17NO4S/c1-9(10(12)15-2)3-4-11-5-7-16(13,14)8-6-11/h3H,4-8H2,1-2H3. The van der Waals surface area contributed by atoms with Crippen molar-refractivity contribution in [1.29, 1.82) is 0 Å². The van der Waals surface area contributed by atoms with Crippen molar-refractivity contribution in [2.24, 2.45) is 0 Å². The maximum absolute atomic E-state index is 11.2. The Labute approximate surface area is 96.0 Å². The van der Waals surface area contributed by atoms with Crippen molar-refractivity contribution in [3.05, 3.63) is 11.6 Å². The molecule has 0 aromatic heterocycles. The van der Waals surface area contributed by atoms with Gasteiger partial charge in [-0.1, -0.05) is 6.08 Å². The van der Waals surface area contributed by atoms with Crippen LogP contribution >= 0.6 is 0 Å². The second-order valence-electron chi connectivity index (χ2n) is 3.83. The van der Waals surface area contributed by atoms with Crippen LogP contribution in [0.3, 0.4) is 0 Å². The molecule has 0 unspecified atom stereocenters. The number of rotatable bonds is 3. The van der Waals surface area contributed by atoms with Gasteiger partial charge in [0.1, 0.15) is 0 Å². The largest absolute Gasteiger partial charge is 0.466 e. The molecule has 16 heavy (non-hydrogen) atoms. The minimum atomic E-state index is -2.83. The smallest absolute Gasteiger partial charge is 0.333 e. The van der Waals surface area contributed by atoms with Crippen molar-refractivity contribution >= 4 is 15.8 Å². The second-order valence-corrected chi connectivity index (χ2v) is 6.13. The summed E-state index contributed by atoms with van der Waals surface area (Å²) in [6.07, 6.45) is 1.77. The van der Waals surface area contributed by atoms with E-state index in [1.54, 1.807) is 13.0 Å². The molecule has 1 heterocycles. The van der Waals surface area contributed by atoms with E-state index in [1.165, 1.54) is 7.11 Å². The number of nitrogens with zero attached hydrogens (tertiary/aromatic N) is 1. The number of esters is 1. The van der Waals surface area contributed by atoms with Crippen molar-refractivity contribution in [3.63, 3.8) is 0 Å². The fourth-order valence-electron chi connectivity index (χ4n) is 1.44. The van der Waals surface area contributed by atoms with E-state index in [2.05, 4.69) is 4.74 Å². The molecular weight excluding hydrogens is 230 g/mol. The highest BCUT2D eigenvalue weighted by Crippen LogP contribution is 2.04. The summed E-state index contributed by atoms with van der Waals surface area (Å²) in [5.41, 5.74) is 0.552. The van der Waals surface area contributed by atoms with E-state index in [0.717, 1.165) is 0 Å². The number of hydrogen-bond donors (Lipinski definition) is 0. The highest BCUT2D eigenvalue weighted by molar-refractivity contribution is 7.91. The molecule has 0 aromatic carbocycles. The van der Waals surface area contributed by atoms with E-state index in [0.29, 0.717) is 25.2 Å². The van der Waals surface area contributed by atoms with Gasteiger partial charge in [-0.3, -0.25) is 4.90 Å². The maximum Gasteiger partial charge on any atom is 0.333 e. The van der Waals surface area contributed by atoms with Crippen molar-refractivity contribution < 1.29 is 17.9 Å². The predicted molar refractivity (Wildman–Crippen MR) is 60.9 cm³/mol. The van der Waals surface area contributed by atoms with Crippen LogP contribution in [0.15, 0.2) is 11.6 Å². The predicted octanol–water partition coefficient (Wildman–Crippen LogP) is -0.164. The highest BCUT2D eigenvalue weighted by Gasteiger charge is 2.20. The molecule has 0 spiro atoms. The van der Waals surface area contributed by atoms with Gasteiger partial charge in [0.25, 0.3) is 0 Å². The lowest BCUT2D eigenvalue weighted by atomic mass is 10.3. The fraction of sp³-hybridized carbons (Fsp3) is 0.700. The van der Waals surface area contributed by atoms with Crippen molar-refractivity contribution in [2.75, 3.05) is 38.2 Å². The minimum absolute atomic E-state index is 0.206. The van der Waals surface area contributed by atoms with Crippen LogP contribution in [0.1, 0.15) is 6.92 Å². The topological polar surface area (TPSA) is 63.7 Å². The quantitative estimate of drug-likeness (QED) is 0.512. The van der Waals surface area contributed by atoms with Crippen LogP contribution in [0.4, 0.5) is 0 Å². The van der Waals surface area contributed by atoms with Crippen LogP contribution in [-0.2, 0) is 19.4 Å². The number of ether oxygens (including phenoxy) is 1. The molecule has 1 aliphatic heterocycles. The zero-order chi connectivity index (χ0) is 12.2. The van der Waals surface area contributed by atoms with E-state index in [4.69, 9.17) is 0 Å². The van der Waals surface area contributed by atoms with Crippen LogP contribution in [0.2, 0.25) is 0 Å². The third-order valence-electron chi connectivity index (χ3n) is 2.60. The summed E-state index contributed by atoms with van der Waals surface area (Å²) in [6.45, 7) is 3.35. The molecule has 5 nitrogen and oxygen atoms in total. The maximum atomic E-state index is 11.2. The summed E-state index contributed by atoms with van der Waals surface area (Å²) in [4.78, 5) is 13.1. The molecule has 0 aromatic rings. The number of carbonyl (C=O) groups is 1. The van der Waals surface area contributed by atoms with Crippen molar-refractivity contribution in [3.8, 4) is 0 Å². The van der Waals surface area contributed by atoms with Gasteiger partial charge in [-0.2, -0.15) is 0 Å². The normalized spacial score (nSPS) is 21.8. The third kappa shape index (κ3) is 3.94. The van der Waals surface area contributed by atoms with Gasteiger partial charge < -0.3 is 4.74 Å². The van der Waals surface area contributed by atoms with Gasteiger partial charge in [0.15, 0.2) is 9.84 Å². The van der Waals surface area contributed by atoms with Crippen molar-refractivity contribution in [2.45, 2.75) is 6.92 Å². The van der Waals surface area contributed by atoms with E-state index in [1.807, 2.05) is 4.90 Å². The van der Waals surface area contributed by atoms with E-state index in [-0.39, 0.29) is 17.5 Å². The molecule has 6 heteroatoms. The van der Waals surface area contributed by atoms with Crippen LogP contribution in [0, 0.1) is 0 Å². The van der Waals surface area contributed by atoms with Gasteiger partial charge in [-0.15, -0.1) is 0 Å². The number of carbonyl (C=O) groups excluding carboxylic acids is 1. The fourth-order valence-corrected chi connectivity index (χ4v) is 2.72. The number of hydrogen-bond acceptors (Lipinski definition) is 5. The van der Waals surface area contributed by atoms with Gasteiger partial charge in [0, 0.05) is 25.2 Å². The first-order valence-corrected chi connectivity index (χ1v) is 6.94. The monoisotopic (exact) mass is 247 g/mol. The molecule has 0 atom stereocenters. The summed E-state index contributed by atoms with van der Waals surface area (Å²) < 4.78 is 26.9. The Morgan fingerprint density at radius 2 is 1.94 bits per heavy atom. The Morgan fingerprint density at radius 3 is 2.44 bits per heavy atom. The summed E-state index contributed by atoms with van der Waals surface area (Å²) in [6, 6.07) is 0. The lowest BCUT2D eigenvalue weighted by Gasteiger charge is -2.25. The van der Waals surface area contributed by atoms with Crippen molar-refractivity contribution in [1.82, 2.24) is 4.90 Å². The lowest BCUT2D eigenvalue weighted by Crippen LogP contribution is -2.40. The summed E-state index contributed by atoms with van der Waals surface area (Å²) in [5.74, 6) is 0.0700. The SMILES string of the molecule is COC(=O)C(C)=CCN1CCS(=O)(=O)CC1. The highest BCUT2D eigenvalue weighted by atomic mass is 32.2. The molecular formula is C10H17NO4S. The Morgan fingerprint density at radius 1 is 1.38 bits per heavy atom. The summed E-state index contributed by atoms with van der Waals surface area (Å²) in [5, 5.41) is 0. The van der Waals surface area contributed by atoms with Crippen LogP contribution in [0.25, 0.3) is 0 Å². The molecule has 0 saturated carbocycles. The average molecular weight is 247 g/mol. The second kappa shape index (κ2) is 5.45. The van der Waals surface area contributed by atoms with Gasteiger partial charge in [0.05, 0.1) is 18.6 Å². The Hall–Kier alpha value is -0.880. The zero-order valence-corrected chi connectivity index (χ0v) is 10.4. The van der Waals surface area contributed by atoms with E-state index >= 15 is 0 Å². The Bertz CT molecular complexity index is 372. The molecule has 0 N–H and O–H groups in total. The first-order chi connectivity index (χ1) is 7.44. The first-order valence-electron chi connectivity index (χ1n) is 5.12. The minimum Gasteiger partial charge on any atom is -0.466 e. The van der Waals surface area contributed by atoms with Crippen LogP contribution < -0.4 is 0 Å². The molecule has 1 saturated heterocycles. The van der Waals surface area contributed by atoms with E-state index in [9.17, 15) is 13.2 Å². The first kappa shape index (κ1) is 13.2. The van der Waals surface area contributed by atoms with Gasteiger partial charge in [-0.05, 0) is 6.92 Å². The molecule has 92 valence electrons. The third-order valence-corrected chi connectivity index (χ3v) is 4.21. The zero-order valence-electron chi connectivity index (χ0n) is 9.60. The molecule has 0 bridgehead atoms.